The lowest BCUT2D eigenvalue weighted by atomic mass is 10.0. The van der Waals surface area contributed by atoms with Crippen molar-refractivity contribution in [2.24, 2.45) is 0 Å². The van der Waals surface area contributed by atoms with Crippen molar-refractivity contribution < 1.29 is 4.79 Å². The average molecular weight is 293 g/mol. The fraction of sp³-hybridized carbons (Fsp3) is 0.733. The lowest BCUT2D eigenvalue weighted by Gasteiger charge is -2.31. The van der Waals surface area contributed by atoms with Crippen LogP contribution in [-0.2, 0) is 17.9 Å². The molecule has 1 fully saturated rings. The molecule has 1 saturated heterocycles. The predicted molar refractivity (Wildman–Crippen MR) is 82.9 cm³/mol. The predicted octanol–water partition coefficient (Wildman–Crippen LogP) is 0.593. The van der Waals surface area contributed by atoms with Crippen LogP contribution < -0.4 is 10.6 Å². The second-order valence-corrected chi connectivity index (χ2v) is 5.65. The molecule has 0 aliphatic carbocycles. The molecular weight excluding hydrogens is 266 g/mol. The highest BCUT2D eigenvalue weighted by atomic mass is 16.1. The van der Waals surface area contributed by atoms with E-state index in [0.29, 0.717) is 12.6 Å². The molecule has 21 heavy (non-hydrogen) atoms. The van der Waals surface area contributed by atoms with Crippen LogP contribution in [0.25, 0.3) is 0 Å². The first kappa shape index (κ1) is 16.0. The number of piperidine rings is 1. The molecule has 118 valence electrons. The Morgan fingerprint density at radius 2 is 2.19 bits per heavy atom. The van der Waals surface area contributed by atoms with Gasteiger partial charge in [0.05, 0.1) is 12.2 Å². The van der Waals surface area contributed by atoms with E-state index in [1.807, 2.05) is 6.20 Å². The summed E-state index contributed by atoms with van der Waals surface area (Å²) >= 11 is 0. The zero-order valence-electron chi connectivity index (χ0n) is 13.1. The van der Waals surface area contributed by atoms with E-state index in [1.165, 1.54) is 5.69 Å². The third-order valence-corrected chi connectivity index (χ3v) is 4.05. The van der Waals surface area contributed by atoms with Crippen molar-refractivity contribution in [1.29, 1.82) is 0 Å². The molecule has 1 aromatic rings. The van der Waals surface area contributed by atoms with Gasteiger partial charge in [-0.2, -0.15) is 5.10 Å². The van der Waals surface area contributed by atoms with Crippen LogP contribution in [-0.4, -0.2) is 53.3 Å². The number of hydrogen-bond donors (Lipinski definition) is 2. The highest BCUT2D eigenvalue weighted by molar-refractivity contribution is 5.77. The largest absolute Gasteiger partial charge is 0.358 e. The minimum Gasteiger partial charge on any atom is -0.358 e. The van der Waals surface area contributed by atoms with Crippen molar-refractivity contribution >= 4 is 5.91 Å². The molecule has 2 heterocycles. The second kappa shape index (κ2) is 8.14. The average Bonchev–Trinajstić information content (AvgIpc) is 2.94. The fourth-order valence-electron chi connectivity index (χ4n) is 2.75. The number of nitrogens with one attached hydrogen (secondary N) is 2. The molecule has 1 amide bonds. The van der Waals surface area contributed by atoms with E-state index in [-0.39, 0.29) is 5.91 Å². The summed E-state index contributed by atoms with van der Waals surface area (Å²) in [5, 5.41) is 10.6. The Morgan fingerprint density at radius 1 is 1.43 bits per heavy atom. The lowest BCUT2D eigenvalue weighted by Crippen LogP contribution is -2.45. The SMILES string of the molecule is CCCn1nccc1CNC1CCN(CC(=O)NC)CC1. The number of aromatic nitrogens is 2. The molecule has 0 aromatic carbocycles. The van der Waals surface area contributed by atoms with Gasteiger partial charge in [0.15, 0.2) is 0 Å². The van der Waals surface area contributed by atoms with Crippen molar-refractivity contribution in [3.63, 3.8) is 0 Å². The van der Waals surface area contributed by atoms with E-state index in [1.54, 1.807) is 7.05 Å². The third-order valence-electron chi connectivity index (χ3n) is 4.05. The molecule has 0 radical (unpaired) electrons. The standard InChI is InChI=1S/C15H27N5O/c1-3-8-20-14(4-7-18-20)11-17-13-5-9-19(10-6-13)12-15(21)16-2/h4,7,13,17H,3,5-6,8-12H2,1-2H3,(H,16,21). The maximum absolute atomic E-state index is 11.4. The number of carbonyl (C=O) groups excluding carboxylic acids is 1. The summed E-state index contributed by atoms with van der Waals surface area (Å²) < 4.78 is 2.08. The van der Waals surface area contributed by atoms with E-state index in [2.05, 4.69) is 38.3 Å². The normalized spacial score (nSPS) is 17.0. The van der Waals surface area contributed by atoms with E-state index >= 15 is 0 Å². The van der Waals surface area contributed by atoms with Crippen molar-refractivity contribution in [3.8, 4) is 0 Å². The Bertz CT molecular complexity index is 437. The van der Waals surface area contributed by atoms with Crippen molar-refractivity contribution in [2.75, 3.05) is 26.7 Å². The molecule has 1 aromatic heterocycles. The molecule has 0 unspecified atom stereocenters. The molecular formula is C15H27N5O. The maximum Gasteiger partial charge on any atom is 0.233 e. The van der Waals surface area contributed by atoms with Crippen molar-refractivity contribution in [2.45, 2.75) is 45.3 Å². The van der Waals surface area contributed by atoms with Gasteiger partial charge >= 0.3 is 0 Å². The Labute approximate surface area is 126 Å². The molecule has 0 saturated carbocycles. The molecule has 6 nitrogen and oxygen atoms in total. The van der Waals surface area contributed by atoms with Crippen LogP contribution in [0.1, 0.15) is 31.9 Å². The first-order valence-electron chi connectivity index (χ1n) is 7.90. The first-order chi connectivity index (χ1) is 10.2. The number of likely N-dealkylation sites (N-methyl/N-ethyl adjacent to an activating group) is 1. The summed E-state index contributed by atoms with van der Waals surface area (Å²) in [6.45, 7) is 6.51. The molecule has 2 N–H and O–H groups in total. The van der Waals surface area contributed by atoms with Crippen LogP contribution in [0.15, 0.2) is 12.3 Å². The summed E-state index contributed by atoms with van der Waals surface area (Å²) in [4.78, 5) is 13.6. The van der Waals surface area contributed by atoms with Crippen LogP contribution in [0.4, 0.5) is 0 Å². The highest BCUT2D eigenvalue weighted by Crippen LogP contribution is 2.11. The Balaban J connectivity index is 1.71. The van der Waals surface area contributed by atoms with Gasteiger partial charge in [-0.15, -0.1) is 0 Å². The van der Waals surface area contributed by atoms with Crippen LogP contribution in [0, 0.1) is 0 Å². The second-order valence-electron chi connectivity index (χ2n) is 5.65. The van der Waals surface area contributed by atoms with Gasteiger partial charge in [-0.3, -0.25) is 14.4 Å². The van der Waals surface area contributed by atoms with E-state index in [9.17, 15) is 4.79 Å². The fourth-order valence-corrected chi connectivity index (χ4v) is 2.75. The summed E-state index contributed by atoms with van der Waals surface area (Å²) in [6, 6.07) is 2.62. The van der Waals surface area contributed by atoms with Gasteiger partial charge in [0.1, 0.15) is 0 Å². The van der Waals surface area contributed by atoms with Crippen molar-refractivity contribution in [1.82, 2.24) is 25.3 Å². The molecule has 0 spiro atoms. The maximum atomic E-state index is 11.4. The number of nitrogens with zero attached hydrogens (tertiary/aromatic N) is 3. The number of likely N-dealkylation sites (tertiary alicyclic amines) is 1. The first-order valence-corrected chi connectivity index (χ1v) is 7.90. The number of amides is 1. The summed E-state index contributed by atoms with van der Waals surface area (Å²) in [7, 11) is 1.69. The quantitative estimate of drug-likeness (QED) is 0.772. The van der Waals surface area contributed by atoms with Gasteiger partial charge in [-0.25, -0.2) is 0 Å². The minimum atomic E-state index is 0.102. The minimum absolute atomic E-state index is 0.102. The zero-order chi connectivity index (χ0) is 15.1. The monoisotopic (exact) mass is 293 g/mol. The summed E-state index contributed by atoms with van der Waals surface area (Å²) in [5.41, 5.74) is 1.25. The molecule has 6 heteroatoms. The van der Waals surface area contributed by atoms with E-state index in [4.69, 9.17) is 0 Å². The van der Waals surface area contributed by atoms with Gasteiger partial charge < -0.3 is 10.6 Å². The summed E-state index contributed by atoms with van der Waals surface area (Å²) in [5.74, 6) is 0.102. The molecule has 2 rings (SSSR count). The van der Waals surface area contributed by atoms with Gasteiger partial charge in [0.25, 0.3) is 0 Å². The number of hydrogen-bond acceptors (Lipinski definition) is 4. The van der Waals surface area contributed by atoms with Crippen LogP contribution >= 0.6 is 0 Å². The summed E-state index contributed by atoms with van der Waals surface area (Å²) in [6.07, 6.45) is 5.17. The highest BCUT2D eigenvalue weighted by Gasteiger charge is 2.20. The molecule has 0 atom stereocenters. The lowest BCUT2D eigenvalue weighted by molar-refractivity contribution is -0.122. The Hall–Kier alpha value is -1.40. The van der Waals surface area contributed by atoms with Crippen LogP contribution in [0.3, 0.4) is 0 Å². The number of rotatable bonds is 7. The smallest absolute Gasteiger partial charge is 0.233 e. The molecule has 1 aliphatic heterocycles. The Morgan fingerprint density at radius 3 is 2.86 bits per heavy atom. The Kier molecular flexibility index (Phi) is 6.20. The number of carbonyl (C=O) groups is 1. The van der Waals surface area contributed by atoms with Crippen molar-refractivity contribution in [3.05, 3.63) is 18.0 Å². The molecule has 1 aliphatic rings. The van der Waals surface area contributed by atoms with Gasteiger partial charge in [0.2, 0.25) is 5.91 Å². The van der Waals surface area contributed by atoms with Gasteiger partial charge in [-0.05, 0) is 25.3 Å². The zero-order valence-corrected chi connectivity index (χ0v) is 13.1. The van der Waals surface area contributed by atoms with Gasteiger partial charge in [0, 0.05) is 45.5 Å². The third kappa shape index (κ3) is 4.82. The van der Waals surface area contributed by atoms with Crippen LogP contribution in [0.5, 0.6) is 0 Å². The number of aryl methyl sites for hydroxylation is 1. The molecule has 0 bridgehead atoms. The van der Waals surface area contributed by atoms with E-state index in [0.717, 1.165) is 45.4 Å². The van der Waals surface area contributed by atoms with Gasteiger partial charge in [-0.1, -0.05) is 6.92 Å². The van der Waals surface area contributed by atoms with Crippen LogP contribution in [0.2, 0.25) is 0 Å². The topological polar surface area (TPSA) is 62.2 Å². The van der Waals surface area contributed by atoms with E-state index < -0.39 is 0 Å².